The molecule has 26 heavy (non-hydrogen) atoms. The van der Waals surface area contributed by atoms with E-state index >= 15 is 0 Å². The average Bonchev–Trinajstić information content (AvgIpc) is 3.07. The van der Waals surface area contributed by atoms with Gasteiger partial charge in [0, 0.05) is 19.8 Å². The number of nitrogens with two attached hydrogens (primary N) is 1. The highest BCUT2D eigenvalue weighted by molar-refractivity contribution is 7.52. The fourth-order valence-electron chi connectivity index (χ4n) is 2.68. The summed E-state index contributed by atoms with van der Waals surface area (Å²) in [7, 11) is -7.56. The van der Waals surface area contributed by atoms with Crippen LogP contribution in [0.4, 0.5) is 5.82 Å². The van der Waals surface area contributed by atoms with Crippen molar-refractivity contribution in [3.63, 3.8) is 0 Å². The highest BCUT2D eigenvalue weighted by atomic mass is 31.2. The molecule has 0 spiro atoms. The molecule has 3 heterocycles. The molecule has 144 valence electrons. The largest absolute Gasteiger partial charge is 0.382 e. The van der Waals surface area contributed by atoms with Crippen LogP contribution in [0.2, 0.25) is 0 Å². The Bertz CT molecular complexity index is 893. The maximum absolute atomic E-state index is 11.6. The van der Waals surface area contributed by atoms with Gasteiger partial charge in [-0.3, -0.25) is 13.7 Å². The SMILES string of the molecule is CP(=O)(O)OC[C@H]1O[C@@H](n2cnc3c(N)ncnc32)C[C@@H]1OP(C)(=O)O. The first-order valence-corrected chi connectivity index (χ1v) is 11.6. The topological polar surface area (TPSA) is 172 Å². The van der Waals surface area contributed by atoms with Gasteiger partial charge in [0.1, 0.15) is 24.2 Å². The molecule has 4 N–H and O–H groups in total. The van der Waals surface area contributed by atoms with E-state index in [-0.39, 0.29) is 18.8 Å². The molecule has 0 aliphatic carbocycles. The van der Waals surface area contributed by atoms with Crippen LogP contribution in [0.1, 0.15) is 12.6 Å². The van der Waals surface area contributed by atoms with Crippen molar-refractivity contribution in [2.24, 2.45) is 0 Å². The number of rotatable bonds is 6. The minimum atomic E-state index is -3.81. The van der Waals surface area contributed by atoms with Crippen molar-refractivity contribution >= 4 is 32.2 Å². The van der Waals surface area contributed by atoms with Gasteiger partial charge in [0.2, 0.25) is 0 Å². The van der Waals surface area contributed by atoms with Gasteiger partial charge in [-0.25, -0.2) is 15.0 Å². The lowest BCUT2D eigenvalue weighted by atomic mass is 10.2. The first-order valence-electron chi connectivity index (χ1n) is 7.55. The number of hydrogen-bond acceptors (Lipinski definition) is 9. The molecule has 0 radical (unpaired) electrons. The number of nitrogens with zero attached hydrogens (tertiary/aromatic N) is 4. The first kappa shape index (κ1) is 19.4. The van der Waals surface area contributed by atoms with E-state index in [9.17, 15) is 18.9 Å². The van der Waals surface area contributed by atoms with Crippen LogP contribution in [0, 0.1) is 0 Å². The highest BCUT2D eigenvalue weighted by Gasteiger charge is 2.41. The second-order valence-corrected chi connectivity index (χ2v) is 9.67. The number of aromatic nitrogens is 4. The molecule has 1 fully saturated rings. The highest BCUT2D eigenvalue weighted by Crippen LogP contribution is 2.45. The predicted octanol–water partition coefficient (Wildman–Crippen LogP) is 0.728. The van der Waals surface area contributed by atoms with Crippen molar-refractivity contribution in [2.75, 3.05) is 25.7 Å². The summed E-state index contributed by atoms with van der Waals surface area (Å²) >= 11 is 0. The third-order valence-corrected chi connectivity index (χ3v) is 4.98. The Labute approximate surface area is 148 Å². The molecule has 5 atom stereocenters. The monoisotopic (exact) mass is 407 g/mol. The van der Waals surface area contributed by atoms with Gasteiger partial charge in [0.25, 0.3) is 0 Å². The van der Waals surface area contributed by atoms with Gasteiger partial charge in [-0.2, -0.15) is 0 Å². The molecule has 0 amide bonds. The average molecular weight is 407 g/mol. The number of ether oxygens (including phenoxy) is 1. The molecular weight excluding hydrogens is 388 g/mol. The van der Waals surface area contributed by atoms with E-state index in [0.717, 1.165) is 13.3 Å². The summed E-state index contributed by atoms with van der Waals surface area (Å²) in [4.78, 5) is 31.0. The van der Waals surface area contributed by atoms with Crippen LogP contribution >= 0.6 is 15.2 Å². The van der Waals surface area contributed by atoms with Crippen LogP contribution in [0.15, 0.2) is 12.7 Å². The number of imidazole rings is 1. The second-order valence-electron chi connectivity index (χ2n) is 5.99. The quantitative estimate of drug-likeness (QED) is 0.576. The van der Waals surface area contributed by atoms with Gasteiger partial charge in [-0.15, -0.1) is 0 Å². The maximum atomic E-state index is 11.6. The Morgan fingerprint density at radius 2 is 2.04 bits per heavy atom. The lowest BCUT2D eigenvalue weighted by Gasteiger charge is -2.20. The normalized spacial score (nSPS) is 28.1. The van der Waals surface area contributed by atoms with Crippen molar-refractivity contribution in [1.29, 1.82) is 0 Å². The standard InChI is InChI=1S/C12H19N5O7P2/c1-25(18,19)22-4-8-7(24-26(2,20)21)3-9(23-8)17-6-16-10-11(13)14-5-15-12(10)17/h5-9H,3-4H2,1-2H3,(H,18,19)(H,20,21)(H2,13,14,15)/t7-,8+,9+/m0/s1. The van der Waals surface area contributed by atoms with Gasteiger partial charge in [0.15, 0.2) is 11.5 Å². The summed E-state index contributed by atoms with van der Waals surface area (Å²) in [6.45, 7) is 1.81. The molecule has 1 saturated heterocycles. The number of anilines is 1. The lowest BCUT2D eigenvalue weighted by molar-refractivity contribution is -0.0364. The second kappa shape index (κ2) is 6.97. The molecule has 0 saturated carbocycles. The Hall–Kier alpha value is -1.39. The summed E-state index contributed by atoms with van der Waals surface area (Å²) in [5, 5.41) is 0. The predicted molar refractivity (Wildman–Crippen MR) is 90.6 cm³/mol. The minimum Gasteiger partial charge on any atom is -0.382 e. The zero-order chi connectivity index (χ0) is 19.1. The van der Waals surface area contributed by atoms with Gasteiger partial charge in [-0.05, 0) is 0 Å². The molecule has 0 aromatic carbocycles. The van der Waals surface area contributed by atoms with Crippen molar-refractivity contribution in [3.05, 3.63) is 12.7 Å². The fraction of sp³-hybridized carbons (Fsp3) is 0.583. The van der Waals surface area contributed by atoms with E-state index in [1.165, 1.54) is 12.7 Å². The molecular formula is C12H19N5O7P2. The van der Waals surface area contributed by atoms with E-state index in [1.807, 2.05) is 0 Å². The lowest BCUT2D eigenvalue weighted by Crippen LogP contribution is -2.28. The molecule has 2 aromatic rings. The van der Waals surface area contributed by atoms with Crippen LogP contribution in [-0.2, 0) is 22.9 Å². The number of nitrogen functional groups attached to an aromatic ring is 1. The fourth-order valence-corrected chi connectivity index (χ4v) is 3.82. The van der Waals surface area contributed by atoms with E-state index in [2.05, 4.69) is 15.0 Å². The molecule has 14 heteroatoms. The first-order chi connectivity index (χ1) is 12.0. The van der Waals surface area contributed by atoms with Crippen molar-refractivity contribution in [2.45, 2.75) is 24.9 Å². The van der Waals surface area contributed by atoms with Crippen molar-refractivity contribution in [1.82, 2.24) is 19.5 Å². The van der Waals surface area contributed by atoms with Gasteiger partial charge < -0.3 is 29.3 Å². The summed E-state index contributed by atoms with van der Waals surface area (Å²) < 4.78 is 40.5. The van der Waals surface area contributed by atoms with Crippen LogP contribution in [0.5, 0.6) is 0 Å². The summed E-state index contributed by atoms with van der Waals surface area (Å²) in [5.41, 5.74) is 6.58. The van der Waals surface area contributed by atoms with Gasteiger partial charge in [-0.1, -0.05) is 0 Å². The van der Waals surface area contributed by atoms with Gasteiger partial charge >= 0.3 is 15.2 Å². The van der Waals surface area contributed by atoms with Crippen LogP contribution < -0.4 is 5.73 Å². The van der Waals surface area contributed by atoms with Crippen LogP contribution in [0.3, 0.4) is 0 Å². The third-order valence-electron chi connectivity index (χ3n) is 3.69. The minimum absolute atomic E-state index is 0.182. The van der Waals surface area contributed by atoms with Gasteiger partial charge in [0.05, 0.1) is 19.0 Å². The molecule has 1 aliphatic heterocycles. The Morgan fingerprint density at radius 1 is 1.31 bits per heavy atom. The molecule has 3 rings (SSSR count). The van der Waals surface area contributed by atoms with Crippen LogP contribution in [-0.4, -0.2) is 61.5 Å². The summed E-state index contributed by atoms with van der Waals surface area (Å²) in [6.07, 6.45) is 0.617. The van der Waals surface area contributed by atoms with E-state index in [4.69, 9.17) is 19.5 Å². The Kier molecular flexibility index (Phi) is 5.19. The van der Waals surface area contributed by atoms with Crippen molar-refractivity contribution < 1.29 is 32.7 Å². The van der Waals surface area contributed by atoms with E-state index in [0.29, 0.717) is 11.2 Å². The Balaban J connectivity index is 1.85. The Morgan fingerprint density at radius 3 is 2.69 bits per heavy atom. The summed E-state index contributed by atoms with van der Waals surface area (Å²) in [6, 6.07) is 0. The maximum Gasteiger partial charge on any atom is 0.325 e. The molecule has 1 aliphatic rings. The molecule has 0 bridgehead atoms. The molecule has 2 aromatic heterocycles. The third kappa shape index (κ3) is 4.47. The van der Waals surface area contributed by atoms with E-state index in [1.54, 1.807) is 4.57 Å². The zero-order valence-corrected chi connectivity index (χ0v) is 15.8. The van der Waals surface area contributed by atoms with Crippen molar-refractivity contribution in [3.8, 4) is 0 Å². The number of hydrogen-bond donors (Lipinski definition) is 3. The summed E-state index contributed by atoms with van der Waals surface area (Å²) in [5.74, 6) is 0.208. The van der Waals surface area contributed by atoms with E-state index < -0.39 is 33.6 Å². The van der Waals surface area contributed by atoms with Crippen LogP contribution in [0.25, 0.3) is 11.2 Å². The smallest absolute Gasteiger partial charge is 0.325 e. The zero-order valence-electron chi connectivity index (χ0n) is 14.0. The number of fused-ring (bicyclic) bond motifs is 1. The molecule has 12 nitrogen and oxygen atoms in total. The molecule has 2 unspecified atom stereocenters.